The van der Waals surface area contributed by atoms with Crippen LogP contribution in [0.15, 0.2) is 0 Å². The molecule has 0 rings (SSSR count). The van der Waals surface area contributed by atoms with E-state index in [1.165, 1.54) is 83.5 Å². The fourth-order valence-corrected chi connectivity index (χ4v) is 4.29. The van der Waals surface area contributed by atoms with Gasteiger partial charge in [0.05, 0.1) is 16.2 Å². The van der Waals surface area contributed by atoms with Gasteiger partial charge in [0.1, 0.15) is 0 Å². The Labute approximate surface area is 204 Å². The summed E-state index contributed by atoms with van der Waals surface area (Å²) in [6.45, 7) is 2.27. The van der Waals surface area contributed by atoms with E-state index in [-0.39, 0.29) is 41.4 Å². The van der Waals surface area contributed by atoms with Crippen LogP contribution in [-0.4, -0.2) is 29.9 Å². The Morgan fingerprint density at radius 3 is 1.28 bits per heavy atom. The van der Waals surface area contributed by atoms with E-state index in [1.807, 2.05) is 0 Å². The molecule has 1 N–H and O–H groups in total. The van der Waals surface area contributed by atoms with Crippen LogP contribution in [0.4, 0.5) is 0 Å². The first-order chi connectivity index (χ1) is 13.5. The van der Waals surface area contributed by atoms with E-state index >= 15 is 0 Å². The van der Waals surface area contributed by atoms with Crippen LogP contribution in [0, 0.1) is 0 Å². The van der Waals surface area contributed by atoms with Crippen LogP contribution in [0.2, 0.25) is 0 Å². The third-order valence-corrected chi connectivity index (χ3v) is 6.36. The van der Waals surface area contributed by atoms with Crippen molar-refractivity contribution in [1.29, 1.82) is 0 Å². The summed E-state index contributed by atoms with van der Waals surface area (Å²) in [6, 6.07) is 0. The van der Waals surface area contributed by atoms with Crippen molar-refractivity contribution < 1.29 is 47.6 Å². The standard InChI is InChI=1S/C23H48O4S.Na/c1-2-3-4-5-6-7-8-9-10-11-12-13-14-17-20-23(24)21-18-15-16-19-22-28(25,26)27;/h23-24H,2-22H2,1H3,(H,25,26,27);/q;+1/p-1. The van der Waals surface area contributed by atoms with Gasteiger partial charge in [0.2, 0.25) is 0 Å². The van der Waals surface area contributed by atoms with Crippen molar-refractivity contribution in [1.82, 2.24) is 0 Å². The number of aliphatic hydroxyl groups is 1. The summed E-state index contributed by atoms with van der Waals surface area (Å²) < 4.78 is 31.5. The van der Waals surface area contributed by atoms with Gasteiger partial charge >= 0.3 is 29.6 Å². The molecule has 6 heteroatoms. The predicted molar refractivity (Wildman–Crippen MR) is 119 cm³/mol. The summed E-state index contributed by atoms with van der Waals surface area (Å²) in [6.07, 6.45) is 23.4. The van der Waals surface area contributed by atoms with Crippen LogP contribution in [-0.2, 0) is 10.1 Å². The molecule has 0 aliphatic rings. The third kappa shape index (κ3) is 28.9. The molecule has 29 heavy (non-hydrogen) atoms. The van der Waals surface area contributed by atoms with Gasteiger partial charge < -0.3 is 9.66 Å². The quantitative estimate of drug-likeness (QED) is 0.157. The number of unbranched alkanes of at least 4 members (excludes halogenated alkanes) is 16. The van der Waals surface area contributed by atoms with Crippen molar-refractivity contribution in [2.24, 2.45) is 0 Å². The Balaban J connectivity index is 0. The van der Waals surface area contributed by atoms with Crippen molar-refractivity contribution in [3.05, 3.63) is 0 Å². The van der Waals surface area contributed by atoms with Gasteiger partial charge in [-0.3, -0.25) is 0 Å². The zero-order valence-electron chi connectivity index (χ0n) is 19.5. The average Bonchev–Trinajstić information content (AvgIpc) is 2.64. The van der Waals surface area contributed by atoms with Crippen LogP contribution in [0.25, 0.3) is 0 Å². The summed E-state index contributed by atoms with van der Waals surface area (Å²) >= 11 is 0. The fraction of sp³-hybridized carbons (Fsp3) is 1.00. The Bertz CT molecular complexity index is 415. The first-order valence-corrected chi connectivity index (χ1v) is 13.6. The Morgan fingerprint density at radius 1 is 0.621 bits per heavy atom. The van der Waals surface area contributed by atoms with Crippen molar-refractivity contribution in [3.8, 4) is 0 Å². The molecule has 0 radical (unpaired) electrons. The van der Waals surface area contributed by atoms with Gasteiger partial charge in [-0.25, -0.2) is 8.42 Å². The summed E-state index contributed by atoms with van der Waals surface area (Å²) in [7, 11) is -4.06. The van der Waals surface area contributed by atoms with Gasteiger partial charge in [-0.15, -0.1) is 0 Å². The summed E-state index contributed by atoms with van der Waals surface area (Å²) in [5, 5.41) is 9.98. The molecule has 0 aromatic carbocycles. The first-order valence-electron chi connectivity index (χ1n) is 12.1. The number of hydrogen-bond donors (Lipinski definition) is 1. The molecule has 0 aliphatic heterocycles. The summed E-state index contributed by atoms with van der Waals surface area (Å²) in [5.41, 5.74) is 0. The van der Waals surface area contributed by atoms with Crippen molar-refractivity contribution in [2.75, 3.05) is 5.75 Å². The van der Waals surface area contributed by atoms with E-state index in [9.17, 15) is 18.1 Å². The Hall–Kier alpha value is 0.870. The Morgan fingerprint density at radius 2 is 0.931 bits per heavy atom. The van der Waals surface area contributed by atoms with Crippen molar-refractivity contribution in [3.63, 3.8) is 0 Å². The molecular weight excluding hydrogens is 395 g/mol. The molecule has 0 amide bonds. The topological polar surface area (TPSA) is 77.4 Å². The molecule has 0 fully saturated rings. The van der Waals surface area contributed by atoms with Gasteiger partial charge in [0.15, 0.2) is 0 Å². The van der Waals surface area contributed by atoms with Gasteiger partial charge in [0, 0.05) is 5.75 Å². The minimum absolute atomic E-state index is 0. The van der Waals surface area contributed by atoms with E-state index in [1.54, 1.807) is 0 Å². The second kappa shape index (κ2) is 23.5. The van der Waals surface area contributed by atoms with E-state index < -0.39 is 10.1 Å². The minimum atomic E-state index is -4.06. The normalized spacial score (nSPS) is 12.7. The second-order valence-electron chi connectivity index (χ2n) is 8.50. The predicted octanol–water partition coefficient (Wildman–Crippen LogP) is 3.72. The SMILES string of the molecule is CCCCCCCCCCCCCCCCC(O)CCCCCCS(=O)(=O)[O-].[Na+]. The first kappa shape index (κ1) is 32.1. The maximum Gasteiger partial charge on any atom is 1.00 e. The van der Waals surface area contributed by atoms with Crippen molar-refractivity contribution in [2.45, 2.75) is 141 Å². The molecule has 4 nitrogen and oxygen atoms in total. The van der Waals surface area contributed by atoms with Gasteiger partial charge in [-0.2, -0.15) is 0 Å². The Kier molecular flexibility index (Phi) is 26.0. The monoisotopic (exact) mass is 442 g/mol. The van der Waals surface area contributed by atoms with Crippen molar-refractivity contribution >= 4 is 10.1 Å². The molecule has 0 bridgehead atoms. The van der Waals surface area contributed by atoms with Crippen LogP contribution in [0.5, 0.6) is 0 Å². The van der Waals surface area contributed by atoms with Crippen LogP contribution in [0.1, 0.15) is 135 Å². The maximum atomic E-state index is 10.5. The third-order valence-electron chi connectivity index (χ3n) is 5.57. The molecule has 1 unspecified atom stereocenters. The summed E-state index contributed by atoms with van der Waals surface area (Å²) in [4.78, 5) is 0. The van der Waals surface area contributed by atoms with E-state index in [2.05, 4.69) is 6.92 Å². The molecule has 170 valence electrons. The van der Waals surface area contributed by atoms with Gasteiger partial charge in [-0.1, -0.05) is 116 Å². The van der Waals surface area contributed by atoms with Gasteiger partial charge in [0.25, 0.3) is 0 Å². The largest absolute Gasteiger partial charge is 1.00 e. The molecule has 0 saturated heterocycles. The van der Waals surface area contributed by atoms with E-state index in [0.717, 1.165) is 38.5 Å². The van der Waals surface area contributed by atoms with Crippen LogP contribution >= 0.6 is 0 Å². The summed E-state index contributed by atoms with van der Waals surface area (Å²) in [5.74, 6) is -0.255. The van der Waals surface area contributed by atoms with E-state index in [4.69, 9.17) is 0 Å². The smallest absolute Gasteiger partial charge is 0.748 e. The minimum Gasteiger partial charge on any atom is -0.748 e. The molecule has 0 heterocycles. The van der Waals surface area contributed by atoms with Gasteiger partial charge in [-0.05, 0) is 19.3 Å². The average molecular weight is 443 g/mol. The second-order valence-corrected chi connectivity index (χ2v) is 10.0. The number of rotatable bonds is 22. The molecule has 1 atom stereocenters. The van der Waals surface area contributed by atoms with Crippen LogP contribution in [0.3, 0.4) is 0 Å². The number of aliphatic hydroxyl groups excluding tert-OH is 1. The zero-order valence-corrected chi connectivity index (χ0v) is 22.3. The maximum absolute atomic E-state index is 10.5. The molecular formula is C23H47NaO4S. The molecule has 0 aromatic rings. The van der Waals surface area contributed by atoms with E-state index in [0.29, 0.717) is 6.42 Å². The molecule has 0 spiro atoms. The number of hydrogen-bond acceptors (Lipinski definition) is 4. The molecule has 0 aliphatic carbocycles. The van der Waals surface area contributed by atoms with Crippen LogP contribution < -0.4 is 29.6 Å². The fourth-order valence-electron chi connectivity index (χ4n) is 3.73. The molecule has 0 saturated carbocycles. The zero-order chi connectivity index (χ0) is 20.9. The molecule has 0 aromatic heterocycles.